The van der Waals surface area contributed by atoms with Gasteiger partial charge >= 0.3 is 12.2 Å². The lowest BCUT2D eigenvalue weighted by atomic mass is 9.44. The number of carbonyl (C=O) groups is 3. The number of carbonyl (C=O) groups excluding carboxylic acids is 3. The van der Waals surface area contributed by atoms with Crippen LogP contribution in [-0.4, -0.2) is 45.3 Å². The van der Waals surface area contributed by atoms with E-state index in [9.17, 15) is 19.5 Å². The maximum Gasteiger partial charge on any atom is 0.417 e. The number of Topliss-reactive ketones (excluding diaryl/α,β-unsaturated/α-hetero) is 1. The summed E-state index contributed by atoms with van der Waals surface area (Å²) in [6, 6.07) is 1.91. The molecule has 1 aromatic heterocycles. The van der Waals surface area contributed by atoms with Crippen molar-refractivity contribution in [2.24, 2.45) is 34.0 Å². The highest BCUT2D eigenvalue weighted by Gasteiger charge is 2.68. The van der Waals surface area contributed by atoms with Crippen LogP contribution in [0.15, 0.2) is 12.7 Å². The summed E-state index contributed by atoms with van der Waals surface area (Å²) in [5.74, 6) is -0.300. The smallest absolute Gasteiger partial charge is 0.417 e. The van der Waals surface area contributed by atoms with Gasteiger partial charge in [0.05, 0.1) is 11.8 Å². The molecule has 0 aliphatic heterocycles. The number of nitrogen functional groups attached to an aromatic ring is 1. The molecule has 0 saturated heterocycles. The first-order valence-electron chi connectivity index (χ1n) is 13.7. The number of nitrogens with zero attached hydrogens (tertiary/aromatic N) is 3. The van der Waals surface area contributed by atoms with Gasteiger partial charge in [0.1, 0.15) is 29.3 Å². The van der Waals surface area contributed by atoms with Gasteiger partial charge in [-0.15, -0.1) is 6.58 Å². The minimum absolute atomic E-state index is 0.0353. The maximum absolute atomic E-state index is 13.5. The van der Waals surface area contributed by atoms with E-state index in [0.717, 1.165) is 12.8 Å². The summed E-state index contributed by atoms with van der Waals surface area (Å²) in [7, 11) is 0. The summed E-state index contributed by atoms with van der Waals surface area (Å²) in [6.07, 6.45) is 1.05. The minimum Gasteiger partial charge on any atom is -0.445 e. The van der Waals surface area contributed by atoms with Crippen molar-refractivity contribution < 1.29 is 29.0 Å². The van der Waals surface area contributed by atoms with Crippen LogP contribution in [0.5, 0.6) is 0 Å². The standard InChI is InChI=1S/C29H39N5O6/c1-7-27(5)12-20(28(6)15(2)8-10-29(16(3)23(27)36)11-9-19(35)22(28)29)40-26(38)34-25(37)39-14-21-32-17(4)18(13-30)24(31)33-21/h7,15-16,20,22-23,36H,1,8-12,14H2,2-6H3,(H2,31,32,33)(H,34,37,38)/t15?,16-,20+,22-,23-,27+,28+,29-/m0/s1. The van der Waals surface area contributed by atoms with Gasteiger partial charge in [0.2, 0.25) is 0 Å². The van der Waals surface area contributed by atoms with Crippen LogP contribution in [0, 0.1) is 52.3 Å². The van der Waals surface area contributed by atoms with E-state index in [2.05, 4.69) is 28.8 Å². The Labute approximate surface area is 234 Å². The Hall–Kier alpha value is -3.52. The van der Waals surface area contributed by atoms with Crippen LogP contribution in [0.2, 0.25) is 0 Å². The fraction of sp³-hybridized carbons (Fsp3) is 0.655. The number of hydrogen-bond donors (Lipinski definition) is 3. The largest absolute Gasteiger partial charge is 0.445 e. The molecule has 3 aliphatic carbocycles. The molecular formula is C29H39N5O6. The third-order valence-corrected chi connectivity index (χ3v) is 10.4. The number of nitriles is 1. The number of imide groups is 1. The Balaban J connectivity index is 1.56. The molecule has 2 amide bonds. The van der Waals surface area contributed by atoms with Crippen molar-refractivity contribution >= 4 is 23.8 Å². The summed E-state index contributed by atoms with van der Waals surface area (Å²) in [5.41, 5.74) is 4.33. The SMILES string of the molecule is C=C[C@]1(C)C[C@@H](OC(=O)NC(=O)OCc2nc(C)c(C#N)c(N)n2)[C@@]2(C)C(C)CC[C@]3(CCC(=O)[C@H]32)[C@@H](C)[C@@H]1O. The van der Waals surface area contributed by atoms with E-state index in [1.165, 1.54) is 0 Å². The predicted molar refractivity (Wildman–Crippen MR) is 144 cm³/mol. The van der Waals surface area contributed by atoms with Crippen molar-refractivity contribution in [3.8, 4) is 6.07 Å². The monoisotopic (exact) mass is 553 g/mol. The Morgan fingerprint density at radius 3 is 2.60 bits per heavy atom. The van der Waals surface area contributed by atoms with Crippen LogP contribution >= 0.6 is 0 Å². The van der Waals surface area contributed by atoms with Crippen LogP contribution in [0.1, 0.15) is 76.9 Å². The van der Waals surface area contributed by atoms with E-state index in [1.807, 2.05) is 26.8 Å². The molecule has 3 saturated carbocycles. The van der Waals surface area contributed by atoms with Gasteiger partial charge in [0.25, 0.3) is 0 Å². The van der Waals surface area contributed by atoms with Crippen molar-refractivity contribution in [1.82, 2.24) is 15.3 Å². The maximum atomic E-state index is 13.5. The number of aliphatic hydroxyl groups is 1. The van der Waals surface area contributed by atoms with Crippen LogP contribution < -0.4 is 11.1 Å². The molecule has 1 aromatic rings. The molecule has 8 atom stereocenters. The number of hydrogen-bond acceptors (Lipinski definition) is 10. The second kappa shape index (κ2) is 10.5. The number of aromatic nitrogens is 2. The number of anilines is 1. The Morgan fingerprint density at radius 2 is 1.98 bits per heavy atom. The molecule has 0 radical (unpaired) electrons. The molecule has 3 fully saturated rings. The minimum atomic E-state index is -1.08. The highest BCUT2D eigenvalue weighted by molar-refractivity contribution is 5.88. The number of alkyl carbamates (subject to hydrolysis) is 2. The molecule has 216 valence electrons. The molecule has 11 heteroatoms. The average molecular weight is 554 g/mol. The summed E-state index contributed by atoms with van der Waals surface area (Å²) in [5, 5.41) is 22.8. The molecule has 0 aromatic carbocycles. The van der Waals surface area contributed by atoms with Crippen molar-refractivity contribution in [2.75, 3.05) is 5.73 Å². The zero-order valence-corrected chi connectivity index (χ0v) is 23.8. The summed E-state index contributed by atoms with van der Waals surface area (Å²) >= 11 is 0. The van der Waals surface area contributed by atoms with E-state index in [1.54, 1.807) is 13.0 Å². The Bertz CT molecular complexity index is 1250. The number of amides is 2. The highest BCUT2D eigenvalue weighted by Crippen LogP contribution is 2.67. The second-order valence-electron chi connectivity index (χ2n) is 12.3. The number of nitrogens with two attached hydrogens (primary N) is 1. The fourth-order valence-corrected chi connectivity index (χ4v) is 7.77. The molecule has 0 spiro atoms. The number of aryl methyl sites for hydroxylation is 1. The number of nitrogens with one attached hydrogen (secondary N) is 1. The van der Waals surface area contributed by atoms with E-state index in [0.29, 0.717) is 18.5 Å². The lowest BCUT2D eigenvalue weighted by Crippen LogP contribution is -2.63. The highest BCUT2D eigenvalue weighted by atomic mass is 16.6. The normalized spacial score (nSPS) is 36.8. The molecule has 4 N–H and O–H groups in total. The molecule has 1 heterocycles. The van der Waals surface area contributed by atoms with E-state index in [-0.39, 0.29) is 53.8 Å². The Kier molecular flexibility index (Phi) is 7.71. The summed E-state index contributed by atoms with van der Waals surface area (Å²) < 4.78 is 11.1. The van der Waals surface area contributed by atoms with Gasteiger partial charge in [0, 0.05) is 23.2 Å². The van der Waals surface area contributed by atoms with Crippen molar-refractivity contribution in [3.63, 3.8) is 0 Å². The quantitative estimate of drug-likeness (QED) is 0.462. The van der Waals surface area contributed by atoms with Gasteiger partial charge in [0.15, 0.2) is 12.4 Å². The van der Waals surface area contributed by atoms with Gasteiger partial charge in [-0.3, -0.25) is 4.79 Å². The number of rotatable bonds is 4. The molecule has 2 bridgehead atoms. The van der Waals surface area contributed by atoms with Gasteiger partial charge in [-0.25, -0.2) is 24.9 Å². The summed E-state index contributed by atoms with van der Waals surface area (Å²) in [6.45, 7) is 13.2. The summed E-state index contributed by atoms with van der Waals surface area (Å²) in [4.78, 5) is 47.0. The molecule has 4 rings (SSSR count). The van der Waals surface area contributed by atoms with Crippen LogP contribution in [-0.2, 0) is 20.9 Å². The van der Waals surface area contributed by atoms with Crippen molar-refractivity contribution in [1.29, 1.82) is 5.26 Å². The number of aliphatic hydroxyl groups excluding tert-OH is 1. The average Bonchev–Trinajstić information content (AvgIpc) is 3.25. The number of ether oxygens (including phenoxy) is 2. The first kappa shape index (κ1) is 29.5. The lowest BCUT2D eigenvalue weighted by molar-refractivity contribution is -0.191. The fourth-order valence-electron chi connectivity index (χ4n) is 7.77. The lowest BCUT2D eigenvalue weighted by Gasteiger charge is -2.61. The van der Waals surface area contributed by atoms with Crippen LogP contribution in [0.4, 0.5) is 15.4 Å². The molecule has 3 aliphatic rings. The predicted octanol–water partition coefficient (Wildman–Crippen LogP) is 3.97. The molecule has 40 heavy (non-hydrogen) atoms. The molecule has 1 unspecified atom stereocenters. The molecular weight excluding hydrogens is 514 g/mol. The first-order chi connectivity index (χ1) is 18.7. The van der Waals surface area contributed by atoms with Gasteiger partial charge in [-0.05, 0) is 49.9 Å². The van der Waals surface area contributed by atoms with Crippen molar-refractivity contribution in [2.45, 2.75) is 85.5 Å². The van der Waals surface area contributed by atoms with Crippen molar-refractivity contribution in [3.05, 3.63) is 29.7 Å². The topological polar surface area (TPSA) is 178 Å². The zero-order chi connectivity index (χ0) is 29.6. The zero-order valence-electron chi connectivity index (χ0n) is 23.8. The van der Waals surface area contributed by atoms with Crippen LogP contribution in [0.25, 0.3) is 0 Å². The third kappa shape index (κ3) is 4.62. The van der Waals surface area contributed by atoms with E-state index < -0.39 is 40.6 Å². The van der Waals surface area contributed by atoms with Gasteiger partial charge < -0.3 is 20.3 Å². The van der Waals surface area contributed by atoms with E-state index >= 15 is 0 Å². The first-order valence-corrected chi connectivity index (χ1v) is 13.7. The van der Waals surface area contributed by atoms with Gasteiger partial charge in [-0.2, -0.15) is 5.26 Å². The Morgan fingerprint density at radius 1 is 1.27 bits per heavy atom. The number of ketones is 1. The third-order valence-electron chi connectivity index (χ3n) is 10.4. The molecule has 11 nitrogen and oxygen atoms in total. The van der Waals surface area contributed by atoms with Crippen LogP contribution in [0.3, 0.4) is 0 Å². The second-order valence-corrected chi connectivity index (χ2v) is 12.3. The van der Waals surface area contributed by atoms with E-state index in [4.69, 9.17) is 20.5 Å². The van der Waals surface area contributed by atoms with Gasteiger partial charge in [-0.1, -0.05) is 33.8 Å².